The van der Waals surface area contributed by atoms with Gasteiger partial charge in [0.05, 0.1) is 5.83 Å². The van der Waals surface area contributed by atoms with Crippen LogP contribution in [0.15, 0.2) is 48.0 Å². The first-order valence-corrected chi connectivity index (χ1v) is 9.09. The van der Waals surface area contributed by atoms with Crippen LogP contribution in [0.4, 0.5) is 8.78 Å². The molecule has 1 amide bonds. The van der Waals surface area contributed by atoms with E-state index in [9.17, 15) is 13.6 Å². The minimum atomic E-state index is -1.19. The van der Waals surface area contributed by atoms with E-state index in [2.05, 4.69) is 18.8 Å². The Bertz CT molecular complexity index is 652. The fraction of sp³-hybridized carbons (Fsp3) is 0.550. The number of allylic oxidation sites excluding steroid dienone is 5. The third-order valence-electron chi connectivity index (χ3n) is 5.63. The number of alkyl halides is 1. The SMILES string of the molecule is C=C/C=C(\CCC)C1=CC(=O)N2C(C)C(C3CC=C(F)CC3F)C2N1. The molecule has 3 aliphatic rings. The second-order valence-electron chi connectivity index (χ2n) is 7.16. The van der Waals surface area contributed by atoms with Crippen LogP contribution in [0.5, 0.6) is 0 Å². The van der Waals surface area contributed by atoms with Gasteiger partial charge in [-0.1, -0.05) is 38.2 Å². The van der Waals surface area contributed by atoms with Crippen molar-refractivity contribution in [3.8, 4) is 0 Å². The second-order valence-corrected chi connectivity index (χ2v) is 7.16. The van der Waals surface area contributed by atoms with Crippen molar-refractivity contribution in [1.29, 1.82) is 0 Å². The number of carbonyl (C=O) groups excluding carboxylic acids is 1. The Hall–Kier alpha value is -1.91. The third-order valence-corrected chi connectivity index (χ3v) is 5.63. The van der Waals surface area contributed by atoms with Gasteiger partial charge in [0.15, 0.2) is 0 Å². The number of carbonyl (C=O) groups is 1. The minimum absolute atomic E-state index is 0.0152. The summed E-state index contributed by atoms with van der Waals surface area (Å²) in [7, 11) is 0. The largest absolute Gasteiger partial charge is 0.364 e. The lowest BCUT2D eigenvalue weighted by atomic mass is 9.69. The van der Waals surface area contributed by atoms with Gasteiger partial charge in [0.25, 0.3) is 5.91 Å². The normalized spacial score (nSPS) is 35.2. The zero-order valence-electron chi connectivity index (χ0n) is 14.8. The minimum Gasteiger partial charge on any atom is -0.364 e. The molecular formula is C20H26F2N2O. The van der Waals surface area contributed by atoms with Crippen LogP contribution in [0, 0.1) is 11.8 Å². The standard InChI is InChI=1S/C20H26F2N2O/c1-4-6-13(7-5-2)17-11-18(25)24-12(3)19(20(24)23-17)15-9-8-14(21)10-16(15)22/h4,6,8,11-12,15-16,19-20,23H,1,5,7,9-10H2,2-3H3/b13-6+. The Labute approximate surface area is 148 Å². The number of hydrogen-bond donors (Lipinski definition) is 1. The lowest BCUT2D eigenvalue weighted by Crippen LogP contribution is -2.73. The molecular weight excluding hydrogens is 322 g/mol. The Morgan fingerprint density at radius 1 is 1.52 bits per heavy atom. The molecule has 136 valence electrons. The van der Waals surface area contributed by atoms with Gasteiger partial charge < -0.3 is 10.2 Å². The zero-order chi connectivity index (χ0) is 18.1. The summed E-state index contributed by atoms with van der Waals surface area (Å²) >= 11 is 0. The lowest BCUT2D eigenvalue weighted by Gasteiger charge is -2.59. The highest BCUT2D eigenvalue weighted by molar-refractivity contribution is 5.91. The van der Waals surface area contributed by atoms with Crippen molar-refractivity contribution >= 4 is 5.91 Å². The molecule has 0 aromatic carbocycles. The molecule has 5 heteroatoms. The predicted molar refractivity (Wildman–Crippen MR) is 94.8 cm³/mol. The summed E-state index contributed by atoms with van der Waals surface area (Å²) < 4.78 is 27.8. The van der Waals surface area contributed by atoms with Crippen molar-refractivity contribution in [3.63, 3.8) is 0 Å². The monoisotopic (exact) mass is 348 g/mol. The van der Waals surface area contributed by atoms with Crippen LogP contribution in [0.25, 0.3) is 0 Å². The van der Waals surface area contributed by atoms with Crippen LogP contribution < -0.4 is 5.32 Å². The van der Waals surface area contributed by atoms with Gasteiger partial charge in [-0.2, -0.15) is 0 Å². The summed E-state index contributed by atoms with van der Waals surface area (Å²) in [6.45, 7) is 7.78. The average molecular weight is 348 g/mol. The Morgan fingerprint density at radius 2 is 2.28 bits per heavy atom. The molecule has 1 N–H and O–H groups in total. The first kappa shape index (κ1) is 17.9. The molecule has 0 aromatic rings. The number of halogens is 2. The molecule has 1 fully saturated rings. The molecule has 0 aromatic heterocycles. The molecule has 0 spiro atoms. The van der Waals surface area contributed by atoms with E-state index < -0.39 is 6.17 Å². The maximum Gasteiger partial charge on any atom is 0.250 e. The number of rotatable bonds is 5. The van der Waals surface area contributed by atoms with Crippen molar-refractivity contribution in [2.75, 3.05) is 0 Å². The second kappa shape index (κ2) is 7.14. The van der Waals surface area contributed by atoms with Gasteiger partial charge in [0, 0.05) is 36.1 Å². The first-order chi connectivity index (χ1) is 12.0. The third kappa shape index (κ3) is 3.16. The van der Waals surface area contributed by atoms with Crippen LogP contribution in [0.2, 0.25) is 0 Å². The van der Waals surface area contributed by atoms with E-state index in [-0.39, 0.29) is 42.2 Å². The molecule has 2 aliphatic heterocycles. The number of fused-ring (bicyclic) bond motifs is 1. The van der Waals surface area contributed by atoms with Gasteiger partial charge >= 0.3 is 0 Å². The van der Waals surface area contributed by atoms with E-state index in [0.29, 0.717) is 6.42 Å². The lowest BCUT2D eigenvalue weighted by molar-refractivity contribution is -0.159. The first-order valence-electron chi connectivity index (χ1n) is 9.09. The number of nitrogens with zero attached hydrogens (tertiary/aromatic N) is 1. The quantitative estimate of drug-likeness (QED) is 0.757. The molecule has 0 saturated carbocycles. The van der Waals surface area contributed by atoms with Crippen LogP contribution >= 0.6 is 0 Å². The maximum atomic E-state index is 14.4. The van der Waals surface area contributed by atoms with Gasteiger partial charge in [-0.15, -0.1) is 0 Å². The maximum absolute atomic E-state index is 14.4. The molecule has 0 radical (unpaired) electrons. The van der Waals surface area contributed by atoms with Crippen molar-refractivity contribution in [2.24, 2.45) is 11.8 Å². The summed E-state index contributed by atoms with van der Waals surface area (Å²) in [6, 6.07) is -0.0429. The summed E-state index contributed by atoms with van der Waals surface area (Å²) in [5.74, 6) is -0.673. The molecule has 1 saturated heterocycles. The van der Waals surface area contributed by atoms with E-state index in [4.69, 9.17) is 0 Å². The van der Waals surface area contributed by atoms with Crippen molar-refractivity contribution in [1.82, 2.24) is 10.2 Å². The smallest absolute Gasteiger partial charge is 0.250 e. The zero-order valence-corrected chi connectivity index (χ0v) is 14.8. The molecule has 1 aliphatic carbocycles. The van der Waals surface area contributed by atoms with Crippen LogP contribution in [0.3, 0.4) is 0 Å². The summed E-state index contributed by atoms with van der Waals surface area (Å²) in [4.78, 5) is 14.3. The molecule has 2 heterocycles. The molecule has 5 atom stereocenters. The van der Waals surface area contributed by atoms with Gasteiger partial charge in [-0.05, 0) is 25.3 Å². The average Bonchev–Trinajstić information content (AvgIpc) is 2.56. The van der Waals surface area contributed by atoms with Crippen LogP contribution in [-0.4, -0.2) is 29.2 Å². The molecule has 3 nitrogen and oxygen atoms in total. The van der Waals surface area contributed by atoms with Crippen LogP contribution in [0.1, 0.15) is 39.5 Å². The van der Waals surface area contributed by atoms with E-state index in [1.807, 2.05) is 13.0 Å². The highest BCUT2D eigenvalue weighted by Gasteiger charge is 2.55. The Kier molecular flexibility index (Phi) is 5.11. The van der Waals surface area contributed by atoms with Crippen molar-refractivity contribution in [2.45, 2.75) is 57.9 Å². The van der Waals surface area contributed by atoms with E-state index in [1.165, 1.54) is 6.08 Å². The fourth-order valence-corrected chi connectivity index (χ4v) is 4.42. The van der Waals surface area contributed by atoms with Gasteiger partial charge in [0.2, 0.25) is 0 Å². The van der Waals surface area contributed by atoms with E-state index >= 15 is 0 Å². The van der Waals surface area contributed by atoms with Gasteiger partial charge in [-0.3, -0.25) is 4.79 Å². The summed E-state index contributed by atoms with van der Waals surface area (Å²) in [6.07, 6.45) is 7.40. The number of amides is 1. The molecule has 0 bridgehead atoms. The highest BCUT2D eigenvalue weighted by Crippen LogP contribution is 2.45. The molecule has 5 unspecified atom stereocenters. The van der Waals surface area contributed by atoms with Crippen molar-refractivity contribution in [3.05, 3.63) is 48.0 Å². The number of nitrogens with one attached hydrogen (secondary N) is 1. The summed E-state index contributed by atoms with van der Waals surface area (Å²) in [5, 5.41) is 3.43. The van der Waals surface area contributed by atoms with Crippen LogP contribution in [-0.2, 0) is 4.79 Å². The van der Waals surface area contributed by atoms with E-state index in [0.717, 1.165) is 24.1 Å². The Balaban J connectivity index is 1.82. The highest BCUT2D eigenvalue weighted by atomic mass is 19.1. The van der Waals surface area contributed by atoms with E-state index in [1.54, 1.807) is 17.1 Å². The fourth-order valence-electron chi connectivity index (χ4n) is 4.42. The van der Waals surface area contributed by atoms with Gasteiger partial charge in [0.1, 0.15) is 12.3 Å². The number of hydrogen-bond acceptors (Lipinski definition) is 2. The summed E-state index contributed by atoms with van der Waals surface area (Å²) in [5.41, 5.74) is 1.84. The van der Waals surface area contributed by atoms with Gasteiger partial charge in [-0.25, -0.2) is 8.78 Å². The predicted octanol–water partition coefficient (Wildman–Crippen LogP) is 4.16. The van der Waals surface area contributed by atoms with Crippen molar-refractivity contribution < 1.29 is 13.6 Å². The Morgan fingerprint density at radius 3 is 2.92 bits per heavy atom. The topological polar surface area (TPSA) is 32.3 Å². The molecule has 25 heavy (non-hydrogen) atoms. The molecule has 3 rings (SSSR count).